The fourth-order valence-electron chi connectivity index (χ4n) is 4.05. The van der Waals surface area contributed by atoms with E-state index in [1.807, 2.05) is 37.3 Å². The maximum Gasteiger partial charge on any atom is 0.289 e. The molecule has 5 nitrogen and oxygen atoms in total. The van der Waals surface area contributed by atoms with Gasteiger partial charge >= 0.3 is 0 Å². The molecule has 4 rings (SSSR count). The van der Waals surface area contributed by atoms with Crippen LogP contribution in [0.25, 0.3) is 11.3 Å². The molecule has 1 aliphatic heterocycles. The summed E-state index contributed by atoms with van der Waals surface area (Å²) in [6, 6.07) is 18.1. The average Bonchev–Trinajstić information content (AvgIpc) is 3.24. The molecule has 1 aromatic heterocycles. The van der Waals surface area contributed by atoms with Crippen LogP contribution in [-0.2, 0) is 10.2 Å². The van der Waals surface area contributed by atoms with Crippen molar-refractivity contribution >= 4 is 5.91 Å². The molecule has 2 heterocycles. The van der Waals surface area contributed by atoms with Crippen molar-refractivity contribution in [3.63, 3.8) is 0 Å². The Hall–Kier alpha value is -2.92. The topological polar surface area (TPSA) is 64.4 Å². The molecule has 0 spiro atoms. The molecule has 0 atom stereocenters. The summed E-state index contributed by atoms with van der Waals surface area (Å²) >= 11 is 0. The lowest BCUT2D eigenvalue weighted by Gasteiger charge is -2.38. The van der Waals surface area contributed by atoms with Gasteiger partial charge in [-0.05, 0) is 37.8 Å². The number of amides is 1. The van der Waals surface area contributed by atoms with Gasteiger partial charge in [-0.25, -0.2) is 0 Å². The van der Waals surface area contributed by atoms with E-state index in [0.29, 0.717) is 25.5 Å². The first-order chi connectivity index (χ1) is 14.1. The van der Waals surface area contributed by atoms with E-state index >= 15 is 0 Å². The zero-order valence-electron chi connectivity index (χ0n) is 16.9. The number of nitrogens with zero attached hydrogens (tertiary/aromatic N) is 1. The molecule has 5 heteroatoms. The fourth-order valence-corrected chi connectivity index (χ4v) is 4.05. The highest BCUT2D eigenvalue weighted by Crippen LogP contribution is 2.36. The number of nitrogens with one attached hydrogen (secondary N) is 1. The van der Waals surface area contributed by atoms with E-state index < -0.39 is 0 Å². The lowest BCUT2D eigenvalue weighted by Crippen LogP contribution is -2.45. The molecular weight excluding hydrogens is 364 g/mol. The Morgan fingerprint density at radius 2 is 1.79 bits per heavy atom. The zero-order valence-corrected chi connectivity index (χ0v) is 16.9. The predicted molar refractivity (Wildman–Crippen MR) is 112 cm³/mol. The van der Waals surface area contributed by atoms with Gasteiger partial charge < -0.3 is 14.6 Å². The highest BCUT2D eigenvalue weighted by molar-refractivity contribution is 5.92. The lowest BCUT2D eigenvalue weighted by molar-refractivity contribution is 0.0482. The van der Waals surface area contributed by atoms with Gasteiger partial charge in [0.05, 0.1) is 0 Å². The summed E-state index contributed by atoms with van der Waals surface area (Å²) < 4.78 is 10.9. The van der Waals surface area contributed by atoms with Crippen LogP contribution < -0.4 is 5.32 Å². The molecule has 2 aromatic carbocycles. The second kappa shape index (κ2) is 8.21. The van der Waals surface area contributed by atoms with Gasteiger partial charge in [0.15, 0.2) is 0 Å². The Morgan fingerprint density at radius 1 is 1.07 bits per heavy atom. The van der Waals surface area contributed by atoms with Crippen LogP contribution in [0.2, 0.25) is 0 Å². The van der Waals surface area contributed by atoms with E-state index in [-0.39, 0.29) is 17.1 Å². The molecule has 1 saturated heterocycles. The molecule has 0 aliphatic carbocycles. The van der Waals surface area contributed by atoms with E-state index in [1.165, 1.54) is 16.7 Å². The monoisotopic (exact) mass is 390 g/mol. The molecule has 1 amide bonds. The van der Waals surface area contributed by atoms with E-state index in [4.69, 9.17) is 9.26 Å². The maximum absolute atomic E-state index is 12.8. The summed E-state index contributed by atoms with van der Waals surface area (Å²) in [5.41, 5.74) is 5.16. The molecule has 0 unspecified atom stereocenters. The van der Waals surface area contributed by atoms with Crippen LogP contribution in [0.1, 0.15) is 40.1 Å². The Kier molecular flexibility index (Phi) is 5.49. The summed E-state index contributed by atoms with van der Waals surface area (Å²) in [5.74, 6) is -0.0112. The smallest absolute Gasteiger partial charge is 0.289 e. The van der Waals surface area contributed by atoms with Crippen LogP contribution in [-0.4, -0.2) is 30.8 Å². The Balaban J connectivity index is 1.50. The second-order valence-corrected chi connectivity index (χ2v) is 7.83. The van der Waals surface area contributed by atoms with E-state index in [1.54, 1.807) is 6.07 Å². The average molecular weight is 390 g/mol. The molecule has 29 heavy (non-hydrogen) atoms. The van der Waals surface area contributed by atoms with Crippen molar-refractivity contribution in [2.24, 2.45) is 0 Å². The van der Waals surface area contributed by atoms with Gasteiger partial charge in [0.1, 0.15) is 5.69 Å². The van der Waals surface area contributed by atoms with Crippen molar-refractivity contribution in [2.75, 3.05) is 19.8 Å². The van der Waals surface area contributed by atoms with Gasteiger partial charge in [0.2, 0.25) is 5.76 Å². The standard InChI is InChI=1S/C24H26N2O3/c1-17-7-9-19(10-8-17)21-15-22(29-26-21)23(27)25-16-24(11-13-28-14-12-24)20-6-4-3-5-18(20)2/h3-10,15H,11-14,16H2,1-2H3,(H,25,27). The molecule has 0 saturated carbocycles. The van der Waals surface area contributed by atoms with Gasteiger partial charge in [0.25, 0.3) is 5.91 Å². The Labute approximate surface area is 171 Å². The van der Waals surface area contributed by atoms with E-state index in [9.17, 15) is 4.79 Å². The largest absolute Gasteiger partial charge is 0.381 e. The van der Waals surface area contributed by atoms with Crippen molar-refractivity contribution < 1.29 is 14.1 Å². The van der Waals surface area contributed by atoms with Crippen molar-refractivity contribution in [2.45, 2.75) is 32.1 Å². The molecule has 1 fully saturated rings. The molecule has 150 valence electrons. The normalized spacial score (nSPS) is 15.8. The number of rotatable bonds is 5. The number of hydrogen-bond acceptors (Lipinski definition) is 4. The number of carbonyl (C=O) groups excluding carboxylic acids is 1. The third-order valence-corrected chi connectivity index (χ3v) is 5.83. The number of benzene rings is 2. The predicted octanol–water partition coefficient (Wildman–Crippen LogP) is 4.44. The summed E-state index contributed by atoms with van der Waals surface area (Å²) in [4.78, 5) is 12.8. The van der Waals surface area contributed by atoms with Gasteiger partial charge in [-0.2, -0.15) is 0 Å². The third kappa shape index (κ3) is 4.10. The van der Waals surface area contributed by atoms with E-state index in [2.05, 4.69) is 35.6 Å². The Bertz CT molecular complexity index is 985. The van der Waals surface area contributed by atoms with Crippen LogP contribution in [0.4, 0.5) is 0 Å². The second-order valence-electron chi connectivity index (χ2n) is 7.83. The van der Waals surface area contributed by atoms with Crippen LogP contribution in [0.5, 0.6) is 0 Å². The lowest BCUT2D eigenvalue weighted by atomic mass is 9.72. The molecule has 0 radical (unpaired) electrons. The van der Waals surface area contributed by atoms with Crippen molar-refractivity contribution in [1.82, 2.24) is 10.5 Å². The quantitative estimate of drug-likeness (QED) is 0.700. The SMILES string of the molecule is Cc1ccc(-c2cc(C(=O)NCC3(c4ccccc4C)CCOCC3)on2)cc1. The van der Waals surface area contributed by atoms with Crippen LogP contribution in [0, 0.1) is 13.8 Å². The minimum atomic E-state index is -0.240. The minimum absolute atomic E-state index is 0.126. The molecule has 0 bridgehead atoms. The molecular formula is C24H26N2O3. The molecule has 1 N–H and O–H groups in total. The Morgan fingerprint density at radius 3 is 2.52 bits per heavy atom. The number of aromatic nitrogens is 1. The van der Waals surface area contributed by atoms with Gasteiger partial charge in [-0.1, -0.05) is 59.3 Å². The first-order valence-electron chi connectivity index (χ1n) is 10.0. The van der Waals surface area contributed by atoms with Gasteiger partial charge in [-0.15, -0.1) is 0 Å². The number of hydrogen-bond donors (Lipinski definition) is 1. The van der Waals surface area contributed by atoms with Gasteiger partial charge in [-0.3, -0.25) is 4.79 Å². The summed E-state index contributed by atoms with van der Waals surface area (Å²) in [5, 5.41) is 7.15. The molecule has 3 aromatic rings. The zero-order chi connectivity index (χ0) is 20.3. The van der Waals surface area contributed by atoms with Crippen LogP contribution >= 0.6 is 0 Å². The fraction of sp³-hybridized carbons (Fsp3) is 0.333. The van der Waals surface area contributed by atoms with Crippen molar-refractivity contribution in [1.29, 1.82) is 0 Å². The highest BCUT2D eigenvalue weighted by Gasteiger charge is 2.36. The van der Waals surface area contributed by atoms with E-state index in [0.717, 1.165) is 18.4 Å². The number of carbonyl (C=O) groups is 1. The summed E-state index contributed by atoms with van der Waals surface area (Å²) in [6.45, 7) is 6.10. The van der Waals surface area contributed by atoms with Gasteiger partial charge in [0, 0.05) is 36.8 Å². The first kappa shape index (κ1) is 19.4. The summed E-state index contributed by atoms with van der Waals surface area (Å²) in [7, 11) is 0. The maximum atomic E-state index is 12.8. The highest BCUT2D eigenvalue weighted by atomic mass is 16.5. The number of ether oxygens (including phenoxy) is 1. The third-order valence-electron chi connectivity index (χ3n) is 5.83. The summed E-state index contributed by atoms with van der Waals surface area (Å²) in [6.07, 6.45) is 1.76. The van der Waals surface area contributed by atoms with Crippen LogP contribution in [0.15, 0.2) is 59.1 Å². The van der Waals surface area contributed by atoms with Crippen molar-refractivity contribution in [3.8, 4) is 11.3 Å². The first-order valence-corrected chi connectivity index (χ1v) is 10.0. The number of aryl methyl sites for hydroxylation is 2. The minimum Gasteiger partial charge on any atom is -0.381 e. The molecule has 1 aliphatic rings. The van der Waals surface area contributed by atoms with Crippen molar-refractivity contribution in [3.05, 3.63) is 77.0 Å². The van der Waals surface area contributed by atoms with Crippen LogP contribution in [0.3, 0.4) is 0 Å².